The van der Waals surface area contributed by atoms with E-state index in [1.54, 1.807) is 0 Å². The number of hydrogen-bond donors (Lipinski definition) is 1. The molecule has 0 aliphatic rings. The highest BCUT2D eigenvalue weighted by Crippen LogP contribution is 2.26. The first kappa shape index (κ1) is 15.0. The summed E-state index contributed by atoms with van der Waals surface area (Å²) in [5.41, 5.74) is 1.26. The third-order valence-corrected chi connectivity index (χ3v) is 3.27. The lowest BCUT2D eigenvalue weighted by Gasteiger charge is -2.20. The van der Waals surface area contributed by atoms with Gasteiger partial charge in [-0.25, -0.2) is 0 Å². The number of ether oxygens (including phenoxy) is 1. The van der Waals surface area contributed by atoms with E-state index in [9.17, 15) is 0 Å². The number of hydrogen-bond acceptors (Lipinski definition) is 2. The van der Waals surface area contributed by atoms with Crippen LogP contribution in [0, 0.1) is 0 Å². The summed E-state index contributed by atoms with van der Waals surface area (Å²) < 4.78 is 5.98. The van der Waals surface area contributed by atoms with Crippen LogP contribution in [0.4, 0.5) is 0 Å². The molecule has 1 N–H and O–H groups in total. The predicted octanol–water partition coefficient (Wildman–Crippen LogP) is 4.31. The Balaban J connectivity index is 2.68. The van der Waals surface area contributed by atoms with E-state index < -0.39 is 0 Å². The number of benzene rings is 1. The van der Waals surface area contributed by atoms with Gasteiger partial charge in [-0.3, -0.25) is 0 Å². The molecule has 0 bridgehead atoms. The summed E-state index contributed by atoms with van der Waals surface area (Å²) in [6.45, 7) is 9.75. The Labute approximate surface area is 112 Å². The van der Waals surface area contributed by atoms with Crippen LogP contribution < -0.4 is 10.1 Å². The second kappa shape index (κ2) is 8.15. The summed E-state index contributed by atoms with van der Waals surface area (Å²) in [4.78, 5) is 0. The van der Waals surface area contributed by atoms with Gasteiger partial charge in [0, 0.05) is 11.6 Å². The minimum atomic E-state index is 0.272. The van der Waals surface area contributed by atoms with Crippen molar-refractivity contribution in [3.05, 3.63) is 29.8 Å². The van der Waals surface area contributed by atoms with Crippen LogP contribution in [0.3, 0.4) is 0 Å². The molecule has 0 spiro atoms. The Morgan fingerprint density at radius 2 is 1.89 bits per heavy atom. The predicted molar refractivity (Wildman–Crippen MR) is 78.1 cm³/mol. The molecule has 102 valence electrons. The molecule has 18 heavy (non-hydrogen) atoms. The SMILES string of the molecule is CCCCN[C@H](C)c1ccccc1O[C@H](C)CC. The Hall–Kier alpha value is -1.02. The zero-order valence-electron chi connectivity index (χ0n) is 12.2. The minimum absolute atomic E-state index is 0.272. The van der Waals surface area contributed by atoms with Crippen molar-refractivity contribution in [2.45, 2.75) is 59.1 Å². The van der Waals surface area contributed by atoms with E-state index in [4.69, 9.17) is 4.74 Å². The van der Waals surface area contributed by atoms with E-state index in [1.165, 1.54) is 18.4 Å². The van der Waals surface area contributed by atoms with Gasteiger partial charge in [0.2, 0.25) is 0 Å². The fourth-order valence-corrected chi connectivity index (χ4v) is 1.85. The molecule has 0 aliphatic carbocycles. The molecular formula is C16H27NO. The average molecular weight is 249 g/mol. The summed E-state index contributed by atoms with van der Waals surface area (Å²) in [6, 6.07) is 8.69. The highest BCUT2D eigenvalue weighted by atomic mass is 16.5. The smallest absolute Gasteiger partial charge is 0.124 e. The Bertz CT molecular complexity index is 338. The van der Waals surface area contributed by atoms with Crippen molar-refractivity contribution in [3.8, 4) is 5.75 Å². The molecule has 2 heteroatoms. The van der Waals surface area contributed by atoms with Gasteiger partial charge >= 0.3 is 0 Å². The first-order valence-electron chi connectivity index (χ1n) is 7.18. The molecule has 0 aliphatic heterocycles. The van der Waals surface area contributed by atoms with Crippen molar-refractivity contribution < 1.29 is 4.74 Å². The van der Waals surface area contributed by atoms with Crippen LogP contribution in [0.1, 0.15) is 58.6 Å². The second-order valence-electron chi connectivity index (χ2n) is 4.90. The second-order valence-corrected chi connectivity index (χ2v) is 4.90. The standard InChI is InChI=1S/C16H27NO/c1-5-7-12-17-14(4)15-10-8-9-11-16(15)18-13(3)6-2/h8-11,13-14,17H,5-7,12H2,1-4H3/t13-,14-/m1/s1. The topological polar surface area (TPSA) is 21.3 Å². The fraction of sp³-hybridized carbons (Fsp3) is 0.625. The Kier molecular flexibility index (Phi) is 6.81. The van der Waals surface area contributed by atoms with E-state index in [1.807, 2.05) is 6.07 Å². The van der Waals surface area contributed by atoms with Crippen LogP contribution in [0.25, 0.3) is 0 Å². The van der Waals surface area contributed by atoms with Crippen molar-refractivity contribution in [1.29, 1.82) is 0 Å². The highest BCUT2D eigenvalue weighted by molar-refractivity contribution is 5.35. The third kappa shape index (κ3) is 4.69. The monoisotopic (exact) mass is 249 g/mol. The molecule has 0 fully saturated rings. The average Bonchev–Trinajstić information content (AvgIpc) is 2.39. The minimum Gasteiger partial charge on any atom is -0.490 e. The van der Waals surface area contributed by atoms with Gasteiger partial charge in [0.15, 0.2) is 0 Å². The number of nitrogens with one attached hydrogen (secondary N) is 1. The lowest BCUT2D eigenvalue weighted by molar-refractivity contribution is 0.213. The van der Waals surface area contributed by atoms with Gasteiger partial charge in [0.05, 0.1) is 6.10 Å². The van der Waals surface area contributed by atoms with Gasteiger partial charge in [-0.05, 0) is 39.3 Å². The van der Waals surface area contributed by atoms with Crippen LogP contribution >= 0.6 is 0 Å². The molecular weight excluding hydrogens is 222 g/mol. The Morgan fingerprint density at radius 1 is 1.17 bits per heavy atom. The van der Waals surface area contributed by atoms with Crippen LogP contribution in [0.5, 0.6) is 5.75 Å². The first-order valence-corrected chi connectivity index (χ1v) is 7.18. The zero-order chi connectivity index (χ0) is 13.4. The molecule has 0 heterocycles. The van der Waals surface area contributed by atoms with E-state index in [0.717, 1.165) is 18.7 Å². The van der Waals surface area contributed by atoms with Gasteiger partial charge in [0.25, 0.3) is 0 Å². The molecule has 0 unspecified atom stereocenters. The maximum absolute atomic E-state index is 5.98. The first-order chi connectivity index (χ1) is 8.69. The molecule has 2 atom stereocenters. The molecule has 1 aromatic rings. The summed E-state index contributed by atoms with van der Waals surface area (Å²) in [6.07, 6.45) is 3.75. The van der Waals surface area contributed by atoms with E-state index in [-0.39, 0.29) is 6.10 Å². The van der Waals surface area contributed by atoms with Gasteiger partial charge < -0.3 is 10.1 Å². The number of para-hydroxylation sites is 1. The maximum atomic E-state index is 5.98. The van der Waals surface area contributed by atoms with Crippen LogP contribution in [-0.2, 0) is 0 Å². The van der Waals surface area contributed by atoms with Crippen molar-refractivity contribution >= 4 is 0 Å². The van der Waals surface area contributed by atoms with Crippen molar-refractivity contribution in [3.63, 3.8) is 0 Å². The Morgan fingerprint density at radius 3 is 2.56 bits per heavy atom. The normalized spacial score (nSPS) is 14.2. The zero-order valence-corrected chi connectivity index (χ0v) is 12.2. The molecule has 0 amide bonds. The van der Waals surface area contributed by atoms with Gasteiger partial charge in [-0.15, -0.1) is 0 Å². The van der Waals surface area contributed by atoms with Gasteiger partial charge in [-0.2, -0.15) is 0 Å². The molecule has 0 radical (unpaired) electrons. The quantitative estimate of drug-likeness (QED) is 0.693. The molecule has 2 nitrogen and oxygen atoms in total. The van der Waals surface area contributed by atoms with Crippen LogP contribution in [0.2, 0.25) is 0 Å². The number of rotatable bonds is 8. The van der Waals surface area contributed by atoms with Crippen molar-refractivity contribution in [1.82, 2.24) is 5.32 Å². The van der Waals surface area contributed by atoms with Crippen LogP contribution in [0.15, 0.2) is 24.3 Å². The largest absolute Gasteiger partial charge is 0.490 e. The summed E-state index contributed by atoms with van der Waals surface area (Å²) in [5, 5.41) is 3.55. The highest BCUT2D eigenvalue weighted by Gasteiger charge is 2.12. The molecule has 1 rings (SSSR count). The van der Waals surface area contributed by atoms with Gasteiger partial charge in [0.1, 0.15) is 5.75 Å². The van der Waals surface area contributed by atoms with Crippen molar-refractivity contribution in [2.75, 3.05) is 6.54 Å². The summed E-state index contributed by atoms with van der Waals surface area (Å²) in [5.74, 6) is 1.02. The van der Waals surface area contributed by atoms with Gasteiger partial charge in [-0.1, -0.05) is 38.5 Å². The van der Waals surface area contributed by atoms with Crippen molar-refractivity contribution in [2.24, 2.45) is 0 Å². The fourth-order valence-electron chi connectivity index (χ4n) is 1.85. The lowest BCUT2D eigenvalue weighted by Crippen LogP contribution is -2.21. The number of unbranched alkanes of at least 4 members (excludes halogenated alkanes) is 1. The van der Waals surface area contributed by atoms with Crippen LogP contribution in [-0.4, -0.2) is 12.6 Å². The molecule has 0 saturated carbocycles. The molecule has 0 aromatic heterocycles. The molecule has 0 saturated heterocycles. The van der Waals surface area contributed by atoms with E-state index >= 15 is 0 Å². The lowest BCUT2D eigenvalue weighted by atomic mass is 10.1. The third-order valence-electron chi connectivity index (χ3n) is 3.27. The van der Waals surface area contributed by atoms with E-state index in [2.05, 4.69) is 51.2 Å². The van der Waals surface area contributed by atoms with E-state index in [0.29, 0.717) is 6.04 Å². The summed E-state index contributed by atoms with van der Waals surface area (Å²) >= 11 is 0. The molecule has 1 aromatic carbocycles. The maximum Gasteiger partial charge on any atom is 0.124 e. The summed E-state index contributed by atoms with van der Waals surface area (Å²) in [7, 11) is 0.